The zero-order valence-corrected chi connectivity index (χ0v) is 11.0. The van der Waals surface area contributed by atoms with Crippen LogP contribution in [0.3, 0.4) is 0 Å². The predicted octanol–water partition coefficient (Wildman–Crippen LogP) is 1.09. The number of aliphatic hydroxyl groups excluding tert-OH is 1. The minimum atomic E-state index is -0.157. The Morgan fingerprint density at radius 1 is 1.47 bits per heavy atom. The van der Waals surface area contributed by atoms with Crippen molar-refractivity contribution in [1.29, 1.82) is 0 Å². The highest BCUT2D eigenvalue weighted by Gasteiger charge is 2.21. The van der Waals surface area contributed by atoms with Gasteiger partial charge in [0.15, 0.2) is 18.1 Å². The van der Waals surface area contributed by atoms with E-state index < -0.39 is 0 Å². The Kier molecular flexibility index (Phi) is 4.63. The molecule has 1 aromatic carbocycles. The Hall–Kier alpha value is -1.75. The zero-order chi connectivity index (χ0) is 13.7. The molecule has 104 valence electrons. The van der Waals surface area contributed by atoms with Gasteiger partial charge in [0.25, 0.3) is 5.91 Å². The van der Waals surface area contributed by atoms with Crippen LogP contribution < -0.4 is 14.8 Å². The highest BCUT2D eigenvalue weighted by atomic mass is 16.5. The van der Waals surface area contributed by atoms with Crippen molar-refractivity contribution in [2.45, 2.75) is 19.4 Å². The average Bonchev–Trinajstić information content (AvgIpc) is 3.26. The van der Waals surface area contributed by atoms with Gasteiger partial charge in [-0.15, -0.1) is 0 Å². The minimum absolute atomic E-state index is 0.0694. The van der Waals surface area contributed by atoms with Gasteiger partial charge >= 0.3 is 0 Å². The molecule has 5 heteroatoms. The molecule has 0 saturated heterocycles. The van der Waals surface area contributed by atoms with Gasteiger partial charge in [-0.05, 0) is 24.8 Å². The molecule has 0 bridgehead atoms. The van der Waals surface area contributed by atoms with E-state index in [2.05, 4.69) is 5.32 Å². The van der Waals surface area contributed by atoms with Gasteiger partial charge in [0.05, 0.1) is 13.7 Å². The molecule has 0 radical (unpaired) electrons. The molecule has 0 aliphatic heterocycles. The molecule has 5 nitrogen and oxygen atoms in total. The third-order valence-corrected chi connectivity index (χ3v) is 3.08. The van der Waals surface area contributed by atoms with Gasteiger partial charge in [0.1, 0.15) is 0 Å². The summed E-state index contributed by atoms with van der Waals surface area (Å²) in [5.74, 6) is 1.43. The molecule has 0 aromatic heterocycles. The number of methoxy groups -OCH3 is 1. The molecule has 19 heavy (non-hydrogen) atoms. The van der Waals surface area contributed by atoms with E-state index in [1.165, 1.54) is 20.0 Å². The van der Waals surface area contributed by atoms with E-state index >= 15 is 0 Å². The molecular formula is C14H19NO4. The molecule has 0 heterocycles. The smallest absolute Gasteiger partial charge is 0.257 e. The Morgan fingerprint density at radius 3 is 2.89 bits per heavy atom. The fourth-order valence-corrected chi connectivity index (χ4v) is 1.78. The molecule has 1 saturated carbocycles. The molecule has 2 N–H and O–H groups in total. The summed E-state index contributed by atoms with van der Waals surface area (Å²) in [5.41, 5.74) is 0.606. The van der Waals surface area contributed by atoms with Crippen LogP contribution in [0.25, 0.3) is 0 Å². The SMILES string of the molecule is COc1cccc(CO)c1OCC(=O)NCC1CC1. The van der Waals surface area contributed by atoms with Crippen molar-refractivity contribution >= 4 is 5.91 Å². The first-order valence-corrected chi connectivity index (χ1v) is 6.40. The summed E-state index contributed by atoms with van der Waals surface area (Å²) in [5, 5.41) is 12.1. The summed E-state index contributed by atoms with van der Waals surface area (Å²) < 4.78 is 10.6. The van der Waals surface area contributed by atoms with Crippen LogP contribution in [0.15, 0.2) is 18.2 Å². The fourth-order valence-electron chi connectivity index (χ4n) is 1.78. The van der Waals surface area contributed by atoms with Crippen molar-refractivity contribution in [2.24, 2.45) is 5.92 Å². The van der Waals surface area contributed by atoms with Crippen LogP contribution in [0.5, 0.6) is 11.5 Å². The molecule has 0 unspecified atom stereocenters. The van der Waals surface area contributed by atoms with Crippen molar-refractivity contribution in [3.63, 3.8) is 0 Å². The van der Waals surface area contributed by atoms with Crippen molar-refractivity contribution < 1.29 is 19.4 Å². The first-order chi connectivity index (χ1) is 9.24. The van der Waals surface area contributed by atoms with E-state index in [1.807, 2.05) is 0 Å². The molecule has 1 fully saturated rings. The summed E-state index contributed by atoms with van der Waals surface area (Å²) in [7, 11) is 1.52. The summed E-state index contributed by atoms with van der Waals surface area (Å²) >= 11 is 0. The summed E-state index contributed by atoms with van der Waals surface area (Å²) in [6.07, 6.45) is 2.39. The zero-order valence-electron chi connectivity index (χ0n) is 11.0. The van der Waals surface area contributed by atoms with Crippen molar-refractivity contribution in [3.8, 4) is 11.5 Å². The number of rotatable bonds is 7. The van der Waals surface area contributed by atoms with Crippen LogP contribution in [-0.4, -0.2) is 31.3 Å². The van der Waals surface area contributed by atoms with Crippen molar-refractivity contribution in [2.75, 3.05) is 20.3 Å². The van der Waals surface area contributed by atoms with E-state index in [0.29, 0.717) is 23.0 Å². The number of benzene rings is 1. The third-order valence-electron chi connectivity index (χ3n) is 3.08. The van der Waals surface area contributed by atoms with E-state index in [-0.39, 0.29) is 19.1 Å². The molecule has 1 aliphatic rings. The second-order valence-corrected chi connectivity index (χ2v) is 4.64. The number of hydrogen-bond donors (Lipinski definition) is 2. The third kappa shape index (κ3) is 3.86. The number of hydrogen-bond acceptors (Lipinski definition) is 4. The predicted molar refractivity (Wildman–Crippen MR) is 70.1 cm³/mol. The minimum Gasteiger partial charge on any atom is -0.493 e. The Bertz CT molecular complexity index is 421. The lowest BCUT2D eigenvalue weighted by Gasteiger charge is -2.13. The van der Waals surface area contributed by atoms with Gasteiger partial charge < -0.3 is 19.9 Å². The lowest BCUT2D eigenvalue weighted by Crippen LogP contribution is -2.30. The number of carbonyl (C=O) groups excluding carboxylic acids is 1. The van der Waals surface area contributed by atoms with Crippen LogP contribution in [0.1, 0.15) is 18.4 Å². The van der Waals surface area contributed by atoms with Crippen LogP contribution in [-0.2, 0) is 11.4 Å². The van der Waals surface area contributed by atoms with E-state index in [0.717, 1.165) is 6.54 Å². The molecule has 0 atom stereocenters. The van der Waals surface area contributed by atoms with E-state index in [9.17, 15) is 9.90 Å². The lowest BCUT2D eigenvalue weighted by molar-refractivity contribution is -0.123. The molecule has 0 spiro atoms. The average molecular weight is 265 g/mol. The Labute approximate surface area is 112 Å². The maximum Gasteiger partial charge on any atom is 0.257 e. The standard InChI is InChI=1S/C14H19NO4/c1-18-12-4-2-3-11(8-16)14(12)19-9-13(17)15-7-10-5-6-10/h2-4,10,16H,5-9H2,1H3,(H,15,17). The highest BCUT2D eigenvalue weighted by Crippen LogP contribution is 2.31. The first-order valence-electron chi connectivity index (χ1n) is 6.40. The largest absolute Gasteiger partial charge is 0.493 e. The monoisotopic (exact) mass is 265 g/mol. The van der Waals surface area contributed by atoms with Crippen molar-refractivity contribution in [3.05, 3.63) is 23.8 Å². The van der Waals surface area contributed by atoms with Gasteiger partial charge in [-0.2, -0.15) is 0 Å². The molecular weight excluding hydrogens is 246 g/mol. The van der Waals surface area contributed by atoms with Crippen LogP contribution in [0, 0.1) is 5.92 Å². The van der Waals surface area contributed by atoms with Gasteiger partial charge in [0, 0.05) is 12.1 Å². The quantitative estimate of drug-likeness (QED) is 0.774. The molecule has 1 amide bonds. The maximum atomic E-state index is 11.6. The number of amides is 1. The van der Waals surface area contributed by atoms with Gasteiger partial charge in [-0.25, -0.2) is 0 Å². The summed E-state index contributed by atoms with van der Waals surface area (Å²) in [6.45, 7) is 0.497. The van der Waals surface area contributed by atoms with E-state index in [1.54, 1.807) is 18.2 Å². The van der Waals surface area contributed by atoms with Gasteiger partial charge in [-0.1, -0.05) is 12.1 Å². The lowest BCUT2D eigenvalue weighted by atomic mass is 10.2. The first kappa shape index (κ1) is 13.7. The fraction of sp³-hybridized carbons (Fsp3) is 0.500. The summed E-state index contributed by atoms with van der Waals surface area (Å²) in [4.78, 5) is 11.6. The molecule has 1 aromatic rings. The maximum absolute atomic E-state index is 11.6. The second kappa shape index (κ2) is 6.43. The second-order valence-electron chi connectivity index (χ2n) is 4.64. The number of para-hydroxylation sites is 1. The van der Waals surface area contributed by atoms with Crippen LogP contribution in [0.4, 0.5) is 0 Å². The Balaban J connectivity index is 1.91. The van der Waals surface area contributed by atoms with Gasteiger partial charge in [-0.3, -0.25) is 4.79 Å². The number of aliphatic hydroxyl groups is 1. The highest BCUT2D eigenvalue weighted by molar-refractivity contribution is 5.77. The molecule has 1 aliphatic carbocycles. The number of carbonyl (C=O) groups is 1. The Morgan fingerprint density at radius 2 is 2.26 bits per heavy atom. The summed E-state index contributed by atoms with van der Waals surface area (Å²) in [6, 6.07) is 5.24. The van der Waals surface area contributed by atoms with Gasteiger partial charge in [0.2, 0.25) is 0 Å². The topological polar surface area (TPSA) is 67.8 Å². The van der Waals surface area contributed by atoms with Crippen LogP contribution >= 0.6 is 0 Å². The van der Waals surface area contributed by atoms with Crippen LogP contribution in [0.2, 0.25) is 0 Å². The molecule has 2 rings (SSSR count). The normalized spacial score (nSPS) is 14.0. The van der Waals surface area contributed by atoms with E-state index in [4.69, 9.17) is 9.47 Å². The number of ether oxygens (including phenoxy) is 2. The van der Waals surface area contributed by atoms with Crippen molar-refractivity contribution in [1.82, 2.24) is 5.32 Å². The number of nitrogens with one attached hydrogen (secondary N) is 1.